The number of carbonyl (C=O) groups excluding carboxylic acids is 1. The van der Waals surface area contributed by atoms with E-state index < -0.39 is 5.41 Å². The van der Waals surface area contributed by atoms with Crippen molar-refractivity contribution in [2.45, 2.75) is 46.4 Å². The van der Waals surface area contributed by atoms with Crippen LogP contribution < -0.4 is 11.1 Å². The molecule has 114 valence electrons. The third kappa shape index (κ3) is 5.78. The monoisotopic (exact) mass is 324 g/mol. The maximum Gasteiger partial charge on any atom is 0.226 e. The second kappa shape index (κ2) is 8.70. The molecule has 0 aromatic carbocycles. The van der Waals surface area contributed by atoms with Gasteiger partial charge < -0.3 is 11.1 Å². The van der Waals surface area contributed by atoms with Crippen LogP contribution in [-0.2, 0) is 4.79 Å². The molecule has 0 radical (unpaired) electrons. The first-order valence-electron chi connectivity index (χ1n) is 6.64. The summed E-state index contributed by atoms with van der Waals surface area (Å²) in [5, 5.41) is 2.67. The Kier molecular flexibility index (Phi) is 8.92. The highest BCUT2D eigenvalue weighted by molar-refractivity contribution is 8.76. The zero-order valence-corrected chi connectivity index (χ0v) is 15.2. The van der Waals surface area contributed by atoms with Crippen molar-refractivity contribution >= 4 is 40.1 Å². The highest BCUT2D eigenvalue weighted by Gasteiger charge is 2.45. The van der Waals surface area contributed by atoms with Crippen molar-refractivity contribution in [1.29, 1.82) is 0 Å². The van der Waals surface area contributed by atoms with Crippen LogP contribution in [0, 0.1) is 10.8 Å². The Morgan fingerprint density at radius 3 is 2.26 bits per heavy atom. The van der Waals surface area contributed by atoms with Crippen molar-refractivity contribution in [3.05, 3.63) is 0 Å². The van der Waals surface area contributed by atoms with Gasteiger partial charge >= 0.3 is 0 Å². The van der Waals surface area contributed by atoms with Crippen LogP contribution in [0.25, 0.3) is 0 Å². The van der Waals surface area contributed by atoms with Crippen molar-refractivity contribution in [2.24, 2.45) is 16.6 Å². The highest BCUT2D eigenvalue weighted by atomic mass is 33.1. The molecular weight excluding hydrogens is 296 g/mol. The second-order valence-corrected chi connectivity index (χ2v) is 8.95. The molecule has 1 unspecified atom stereocenters. The third-order valence-corrected chi connectivity index (χ3v) is 7.02. The van der Waals surface area contributed by atoms with Gasteiger partial charge in [-0.3, -0.25) is 4.79 Å². The van der Waals surface area contributed by atoms with E-state index in [2.05, 4.69) is 24.9 Å². The van der Waals surface area contributed by atoms with Crippen LogP contribution in [0.5, 0.6) is 0 Å². The molecule has 0 aromatic rings. The van der Waals surface area contributed by atoms with Crippen molar-refractivity contribution in [3.63, 3.8) is 0 Å². The van der Waals surface area contributed by atoms with Gasteiger partial charge in [0.15, 0.2) is 0 Å². The molecule has 0 saturated carbocycles. The topological polar surface area (TPSA) is 55.1 Å². The number of nitrogens with two attached hydrogens (primary N) is 1. The normalized spacial score (nSPS) is 14.3. The summed E-state index contributed by atoms with van der Waals surface area (Å²) < 4.78 is 0. The number of carbonyl (C=O) groups is 1. The summed E-state index contributed by atoms with van der Waals surface area (Å²) in [5.41, 5.74) is 4.96. The lowest BCUT2D eigenvalue weighted by molar-refractivity contribution is -0.135. The fraction of sp³-hybridized carbons (Fsp3) is 0.923. The molecule has 1 amide bonds. The Hall–Kier alpha value is 0.480. The molecule has 0 aliphatic heterocycles. The molecule has 0 heterocycles. The molecule has 0 bridgehead atoms. The van der Waals surface area contributed by atoms with Crippen LogP contribution in [0.1, 0.15) is 41.0 Å². The average molecular weight is 325 g/mol. The average Bonchev–Trinajstić information content (AvgIpc) is 2.32. The minimum Gasteiger partial charge on any atom is -0.355 e. The molecule has 0 spiro atoms. The van der Waals surface area contributed by atoms with Crippen LogP contribution in [-0.4, -0.2) is 29.3 Å². The van der Waals surface area contributed by atoms with Crippen molar-refractivity contribution in [2.75, 3.05) is 18.1 Å². The second-order valence-electron chi connectivity index (χ2n) is 5.69. The van der Waals surface area contributed by atoms with Gasteiger partial charge in [0, 0.05) is 23.5 Å². The van der Waals surface area contributed by atoms with Crippen LogP contribution in [0.4, 0.5) is 0 Å². The largest absolute Gasteiger partial charge is 0.355 e. The Labute approximate surface area is 131 Å². The predicted octanol–water partition coefficient (Wildman–Crippen LogP) is 3.16. The summed E-state index contributed by atoms with van der Waals surface area (Å²) in [6.07, 6.45) is 1.19. The van der Waals surface area contributed by atoms with Crippen molar-refractivity contribution in [3.8, 4) is 0 Å². The number of hydrogen-bond donors (Lipinski definition) is 3. The van der Waals surface area contributed by atoms with Crippen LogP contribution in [0.15, 0.2) is 0 Å². The molecule has 0 fully saturated rings. The van der Waals surface area contributed by atoms with E-state index in [-0.39, 0.29) is 16.7 Å². The lowest BCUT2D eigenvalue weighted by atomic mass is 9.67. The van der Waals surface area contributed by atoms with Gasteiger partial charge in [-0.1, -0.05) is 56.2 Å². The summed E-state index contributed by atoms with van der Waals surface area (Å²) in [6, 6.07) is 0. The SMILES string of the molecule is CCCSSCCNC(=O)C(C)(C)C(C)(C)C(N)S. The van der Waals surface area contributed by atoms with Gasteiger partial charge in [0.2, 0.25) is 5.91 Å². The number of hydrogen-bond acceptors (Lipinski definition) is 5. The molecule has 0 aromatic heterocycles. The lowest BCUT2D eigenvalue weighted by Gasteiger charge is -2.42. The molecule has 6 heteroatoms. The van der Waals surface area contributed by atoms with Crippen molar-refractivity contribution < 1.29 is 4.79 Å². The molecule has 3 nitrogen and oxygen atoms in total. The minimum atomic E-state index is -0.546. The van der Waals surface area contributed by atoms with Crippen molar-refractivity contribution in [1.82, 2.24) is 5.32 Å². The van der Waals surface area contributed by atoms with Crippen LogP contribution in [0.3, 0.4) is 0 Å². The van der Waals surface area contributed by atoms with E-state index >= 15 is 0 Å². The summed E-state index contributed by atoms with van der Waals surface area (Å²) in [5.74, 6) is 2.13. The molecular formula is C13H28N2OS3. The Morgan fingerprint density at radius 1 is 1.26 bits per heavy atom. The van der Waals surface area contributed by atoms with Crippen LogP contribution >= 0.6 is 34.2 Å². The number of thiol groups is 1. The minimum absolute atomic E-state index is 0.0445. The first-order valence-corrected chi connectivity index (χ1v) is 9.64. The maximum atomic E-state index is 12.3. The van der Waals surface area contributed by atoms with E-state index in [1.54, 1.807) is 10.8 Å². The Morgan fingerprint density at radius 2 is 1.79 bits per heavy atom. The van der Waals surface area contributed by atoms with Gasteiger partial charge in [0.25, 0.3) is 0 Å². The van der Waals surface area contributed by atoms with Gasteiger partial charge in [0.05, 0.1) is 10.8 Å². The van der Waals surface area contributed by atoms with Crippen LogP contribution in [0.2, 0.25) is 0 Å². The summed E-state index contributed by atoms with van der Waals surface area (Å²) >= 11 is 4.30. The van der Waals surface area contributed by atoms with E-state index in [0.717, 1.165) is 11.5 Å². The molecule has 3 N–H and O–H groups in total. The number of nitrogens with one attached hydrogen (secondary N) is 1. The number of rotatable bonds is 9. The predicted molar refractivity (Wildman–Crippen MR) is 92.7 cm³/mol. The van der Waals surface area contributed by atoms with Gasteiger partial charge in [-0.05, 0) is 6.42 Å². The van der Waals surface area contributed by atoms with Gasteiger partial charge in [0.1, 0.15) is 0 Å². The van der Waals surface area contributed by atoms with E-state index in [1.165, 1.54) is 6.42 Å². The zero-order valence-electron chi connectivity index (χ0n) is 12.7. The molecule has 0 aliphatic carbocycles. The van der Waals surface area contributed by atoms with E-state index in [9.17, 15) is 4.79 Å². The zero-order chi connectivity index (χ0) is 15.1. The van der Waals surface area contributed by atoms with Gasteiger partial charge in [-0.25, -0.2) is 0 Å². The molecule has 0 saturated heterocycles. The molecule has 0 rings (SSSR count). The highest BCUT2D eigenvalue weighted by Crippen LogP contribution is 2.41. The lowest BCUT2D eigenvalue weighted by Crippen LogP contribution is -2.52. The first kappa shape index (κ1) is 19.5. The number of amides is 1. The standard InChI is InChI=1S/C13H28N2OS3/c1-6-8-18-19-9-7-15-11(16)13(4,5)12(2,3)10(14)17/h10,17H,6-9,14H2,1-5H3,(H,15,16). The van der Waals surface area contributed by atoms with Gasteiger partial charge in [-0.2, -0.15) is 12.6 Å². The van der Waals surface area contributed by atoms with E-state index in [4.69, 9.17) is 5.73 Å². The van der Waals surface area contributed by atoms with E-state index in [0.29, 0.717) is 6.54 Å². The summed E-state index contributed by atoms with van der Waals surface area (Å²) in [7, 11) is 3.66. The summed E-state index contributed by atoms with van der Waals surface area (Å²) in [6.45, 7) is 10.7. The quantitative estimate of drug-likeness (QED) is 0.264. The maximum absolute atomic E-state index is 12.3. The van der Waals surface area contributed by atoms with Gasteiger partial charge in [-0.15, -0.1) is 0 Å². The molecule has 1 atom stereocenters. The first-order chi connectivity index (χ1) is 8.67. The third-order valence-electron chi connectivity index (χ3n) is 3.76. The smallest absolute Gasteiger partial charge is 0.226 e. The fourth-order valence-corrected chi connectivity index (χ4v) is 3.66. The fourth-order valence-electron chi connectivity index (χ4n) is 1.29. The Bertz CT molecular complexity index is 281. The Balaban J connectivity index is 4.19. The molecule has 0 aliphatic rings. The molecule has 19 heavy (non-hydrogen) atoms. The van der Waals surface area contributed by atoms with E-state index in [1.807, 2.05) is 38.5 Å². The summed E-state index contributed by atoms with van der Waals surface area (Å²) in [4.78, 5) is 12.3.